The Morgan fingerprint density at radius 2 is 2.53 bits per heavy atom. The zero-order chi connectivity index (χ0) is 13.1. The zero-order valence-corrected chi connectivity index (χ0v) is 11.8. The molecule has 0 saturated carbocycles. The smallest absolute Gasteiger partial charge is 0.0896 e. The van der Waals surface area contributed by atoms with E-state index >= 15 is 0 Å². The summed E-state index contributed by atoms with van der Waals surface area (Å²) >= 11 is 1.64. The van der Waals surface area contributed by atoms with Crippen molar-refractivity contribution in [2.75, 3.05) is 13.2 Å². The van der Waals surface area contributed by atoms with E-state index in [1.54, 1.807) is 11.3 Å². The van der Waals surface area contributed by atoms with Crippen molar-refractivity contribution in [3.63, 3.8) is 0 Å². The van der Waals surface area contributed by atoms with E-state index in [0.717, 1.165) is 31.8 Å². The monoisotopic (exact) mass is 278 g/mol. The number of hydrogen-bond donors (Lipinski definition) is 1. The molecule has 0 aromatic carbocycles. The van der Waals surface area contributed by atoms with Crippen molar-refractivity contribution in [3.8, 4) is 0 Å². The largest absolute Gasteiger partial charge is 0.373 e. The maximum atomic E-state index is 5.85. The molecule has 1 saturated heterocycles. The van der Waals surface area contributed by atoms with Crippen LogP contribution < -0.4 is 5.32 Å². The van der Waals surface area contributed by atoms with Crippen molar-refractivity contribution >= 4 is 11.3 Å². The van der Waals surface area contributed by atoms with Crippen LogP contribution in [0.1, 0.15) is 23.8 Å². The first-order valence-corrected chi connectivity index (χ1v) is 7.45. The molecule has 2 aromatic heterocycles. The minimum Gasteiger partial charge on any atom is -0.373 e. The number of aromatic nitrogens is 3. The summed E-state index contributed by atoms with van der Waals surface area (Å²) in [7, 11) is 1.94. The standard InChI is InChI=1S/C13H18N4OS/c1-17-7-11(5-16-17)13-10(2-3-18-13)4-14-6-12-8-19-9-15-12/h5,7-10,13-14H,2-4,6H2,1H3. The molecule has 5 nitrogen and oxygen atoms in total. The Kier molecular flexibility index (Phi) is 3.91. The minimum atomic E-state index is 0.177. The summed E-state index contributed by atoms with van der Waals surface area (Å²) < 4.78 is 7.68. The van der Waals surface area contributed by atoms with Gasteiger partial charge in [0.2, 0.25) is 0 Å². The van der Waals surface area contributed by atoms with E-state index in [9.17, 15) is 0 Å². The minimum absolute atomic E-state index is 0.177. The molecule has 3 rings (SSSR count). The van der Waals surface area contributed by atoms with Gasteiger partial charge < -0.3 is 10.1 Å². The number of nitrogens with one attached hydrogen (secondary N) is 1. The molecule has 0 radical (unpaired) electrons. The molecule has 2 unspecified atom stereocenters. The lowest BCUT2D eigenvalue weighted by molar-refractivity contribution is 0.0904. The predicted octanol–water partition coefficient (Wildman–Crippen LogP) is 1.74. The molecule has 0 spiro atoms. The van der Waals surface area contributed by atoms with Crippen molar-refractivity contribution in [3.05, 3.63) is 34.5 Å². The number of thiazole rings is 1. The molecule has 6 heteroatoms. The van der Waals surface area contributed by atoms with E-state index in [-0.39, 0.29) is 6.10 Å². The van der Waals surface area contributed by atoms with Gasteiger partial charge in [0.15, 0.2) is 0 Å². The summed E-state index contributed by atoms with van der Waals surface area (Å²) in [6.07, 6.45) is 5.23. The van der Waals surface area contributed by atoms with E-state index in [1.807, 2.05) is 29.6 Å². The van der Waals surface area contributed by atoms with E-state index in [2.05, 4.69) is 20.8 Å². The Hall–Kier alpha value is -1.24. The van der Waals surface area contributed by atoms with Gasteiger partial charge in [-0.1, -0.05) is 0 Å². The van der Waals surface area contributed by atoms with Crippen molar-refractivity contribution in [1.82, 2.24) is 20.1 Å². The first kappa shape index (κ1) is 12.8. The molecule has 1 aliphatic rings. The highest BCUT2D eigenvalue weighted by Gasteiger charge is 2.30. The number of ether oxygens (including phenoxy) is 1. The van der Waals surface area contributed by atoms with E-state index < -0.39 is 0 Å². The van der Waals surface area contributed by atoms with Crippen LogP contribution in [0.15, 0.2) is 23.3 Å². The highest BCUT2D eigenvalue weighted by atomic mass is 32.1. The van der Waals surface area contributed by atoms with Crippen LogP contribution in [0.5, 0.6) is 0 Å². The normalized spacial score (nSPS) is 23.0. The van der Waals surface area contributed by atoms with Gasteiger partial charge in [-0.05, 0) is 6.42 Å². The summed E-state index contributed by atoms with van der Waals surface area (Å²) in [5.74, 6) is 0.517. The summed E-state index contributed by atoms with van der Waals surface area (Å²) in [5, 5.41) is 9.78. The molecule has 3 heterocycles. The summed E-state index contributed by atoms with van der Waals surface area (Å²) in [5.41, 5.74) is 4.16. The summed E-state index contributed by atoms with van der Waals surface area (Å²) in [4.78, 5) is 4.27. The van der Waals surface area contributed by atoms with Crippen molar-refractivity contribution < 1.29 is 4.74 Å². The Labute approximate surface area is 116 Å². The van der Waals surface area contributed by atoms with E-state index in [1.165, 1.54) is 5.56 Å². The Morgan fingerprint density at radius 3 is 3.26 bits per heavy atom. The number of nitrogens with zero attached hydrogens (tertiary/aromatic N) is 3. The summed E-state index contributed by atoms with van der Waals surface area (Å²) in [6, 6.07) is 0. The van der Waals surface area contributed by atoms with Crippen LogP contribution in [-0.2, 0) is 18.3 Å². The lowest BCUT2D eigenvalue weighted by atomic mass is 9.97. The number of hydrogen-bond acceptors (Lipinski definition) is 5. The molecular weight excluding hydrogens is 260 g/mol. The van der Waals surface area contributed by atoms with Gasteiger partial charge in [0.25, 0.3) is 0 Å². The maximum Gasteiger partial charge on any atom is 0.0896 e. The van der Waals surface area contributed by atoms with Crippen LogP contribution in [0.2, 0.25) is 0 Å². The predicted molar refractivity (Wildman–Crippen MR) is 73.8 cm³/mol. The number of aryl methyl sites for hydroxylation is 1. The zero-order valence-electron chi connectivity index (χ0n) is 11.0. The highest BCUT2D eigenvalue weighted by Crippen LogP contribution is 2.33. The average molecular weight is 278 g/mol. The first-order valence-electron chi connectivity index (χ1n) is 6.51. The second-order valence-corrected chi connectivity index (χ2v) is 5.62. The topological polar surface area (TPSA) is 52.0 Å². The first-order chi connectivity index (χ1) is 9.33. The van der Waals surface area contributed by atoms with Crippen molar-refractivity contribution in [2.45, 2.75) is 19.1 Å². The fourth-order valence-electron chi connectivity index (χ4n) is 2.51. The molecule has 0 amide bonds. The molecule has 1 N–H and O–H groups in total. The molecule has 1 aliphatic heterocycles. The van der Waals surface area contributed by atoms with Gasteiger partial charge in [-0.25, -0.2) is 4.98 Å². The second-order valence-electron chi connectivity index (χ2n) is 4.90. The third-order valence-electron chi connectivity index (χ3n) is 3.46. The Bertz CT molecular complexity index is 510. The van der Waals surface area contributed by atoms with Crippen LogP contribution in [0, 0.1) is 5.92 Å². The molecule has 2 aromatic rings. The van der Waals surface area contributed by atoms with Crippen LogP contribution in [0.25, 0.3) is 0 Å². The molecular formula is C13H18N4OS. The Balaban J connectivity index is 1.55. The summed E-state index contributed by atoms with van der Waals surface area (Å²) in [6.45, 7) is 2.62. The fourth-order valence-corrected chi connectivity index (χ4v) is 3.07. The van der Waals surface area contributed by atoms with Crippen molar-refractivity contribution in [1.29, 1.82) is 0 Å². The van der Waals surface area contributed by atoms with E-state index in [0.29, 0.717) is 5.92 Å². The van der Waals surface area contributed by atoms with Crippen LogP contribution in [-0.4, -0.2) is 27.9 Å². The second kappa shape index (κ2) is 5.81. The third kappa shape index (κ3) is 3.02. The quantitative estimate of drug-likeness (QED) is 0.905. The molecule has 0 aliphatic carbocycles. The van der Waals surface area contributed by atoms with E-state index in [4.69, 9.17) is 4.74 Å². The fraction of sp³-hybridized carbons (Fsp3) is 0.538. The molecule has 2 atom stereocenters. The Morgan fingerprint density at radius 1 is 1.58 bits per heavy atom. The lowest BCUT2D eigenvalue weighted by Crippen LogP contribution is -2.24. The lowest BCUT2D eigenvalue weighted by Gasteiger charge is -2.17. The van der Waals surface area contributed by atoms with Gasteiger partial charge in [-0.3, -0.25) is 4.68 Å². The van der Waals surface area contributed by atoms with Crippen molar-refractivity contribution in [2.24, 2.45) is 13.0 Å². The van der Waals surface area contributed by atoms with Gasteiger partial charge in [0, 0.05) is 49.8 Å². The number of rotatable bonds is 5. The van der Waals surface area contributed by atoms with Gasteiger partial charge >= 0.3 is 0 Å². The average Bonchev–Trinajstić information content (AvgIpc) is 3.10. The molecule has 102 valence electrons. The highest BCUT2D eigenvalue weighted by molar-refractivity contribution is 7.07. The van der Waals surface area contributed by atoms with Gasteiger partial charge in [-0.2, -0.15) is 5.10 Å². The molecule has 1 fully saturated rings. The SMILES string of the molecule is Cn1cc(C2OCCC2CNCc2cscn2)cn1. The van der Waals surface area contributed by atoms with Gasteiger partial charge in [0.05, 0.1) is 23.5 Å². The van der Waals surface area contributed by atoms with Crippen LogP contribution >= 0.6 is 11.3 Å². The molecule has 0 bridgehead atoms. The third-order valence-corrected chi connectivity index (χ3v) is 4.10. The van der Waals surface area contributed by atoms with Crippen LogP contribution in [0.4, 0.5) is 0 Å². The van der Waals surface area contributed by atoms with Crippen LogP contribution in [0.3, 0.4) is 0 Å². The van der Waals surface area contributed by atoms with Gasteiger partial charge in [-0.15, -0.1) is 11.3 Å². The maximum absolute atomic E-state index is 5.85. The van der Waals surface area contributed by atoms with Gasteiger partial charge in [0.1, 0.15) is 0 Å². The molecule has 19 heavy (non-hydrogen) atoms.